The summed E-state index contributed by atoms with van der Waals surface area (Å²) >= 11 is 0. The lowest BCUT2D eigenvalue weighted by atomic mass is 9.97. The van der Waals surface area contributed by atoms with Crippen molar-refractivity contribution in [3.8, 4) is 17.2 Å². The van der Waals surface area contributed by atoms with Crippen LogP contribution in [0.4, 0.5) is 0 Å². The molecule has 0 aliphatic carbocycles. The number of hydrogen-bond acceptors (Lipinski definition) is 14. The minimum absolute atomic E-state index is 0.0432. The molecule has 0 spiro atoms. The monoisotopic (exact) mass is 1020 g/mol. The Bertz CT molecular complexity index is 2980. The number of carbonyl (C=O) groups excluding carboxylic acids is 4. The third-order valence-electron chi connectivity index (χ3n) is 12.5. The summed E-state index contributed by atoms with van der Waals surface area (Å²) in [5.74, 6) is -3.15. The van der Waals surface area contributed by atoms with Gasteiger partial charge in [-0.15, -0.1) is 0 Å². The maximum absolute atomic E-state index is 14.2. The second-order valence-corrected chi connectivity index (χ2v) is 18.0. The Morgan fingerprint density at radius 3 is 1.52 bits per heavy atom. The first-order chi connectivity index (χ1) is 36.7. The fourth-order valence-corrected chi connectivity index (χ4v) is 8.55. The minimum atomic E-state index is -1.68. The quantitative estimate of drug-likeness (QED) is 0.0229. The SMILES string of the molecule is CCCCCCCCCCCOc1c(OCc2ccccc2)c2ccc(O[C@H]3O[C@H](COC(=O)c4ccccc4)[C@@H](OC(=O)c4ccccc4)[C@H](OC(=O)c4ccccc4)[C@@H]3OC(=O)c3ccccc3)cc2oc1=O. The standard InChI is InChI=1S/C61H60O14/c1-2-3-4-5-6-7-8-9-25-38-67-54-51(68-40-42-26-15-10-16-27-42)48-37-36-47(39-49(48)71-60(54)66)70-61-55(75-59(65)46-34-23-14-24-35-46)53(74-58(64)45-32-21-13-22-33-45)52(73-57(63)44-30-19-12-20-31-44)50(72-61)41-69-56(62)43-28-17-11-18-29-43/h10-24,26-37,39,50,52-53,55,61H,2-9,25,38,40-41H2,1H3/t50-,52-,53+,55+,61+/m1/s1. The highest BCUT2D eigenvalue weighted by Gasteiger charge is 2.54. The first kappa shape index (κ1) is 53.1. The summed E-state index contributed by atoms with van der Waals surface area (Å²) in [5.41, 5.74) is 0.756. The van der Waals surface area contributed by atoms with Crippen molar-refractivity contribution < 1.29 is 61.5 Å². The molecular weight excluding hydrogens is 957 g/mol. The normalized spacial score (nSPS) is 17.1. The molecule has 388 valence electrons. The molecule has 14 heteroatoms. The molecule has 1 aliphatic rings. The average Bonchev–Trinajstić information content (AvgIpc) is 3.45. The summed E-state index contributed by atoms with van der Waals surface area (Å²) in [4.78, 5) is 69.6. The number of fused-ring (bicyclic) bond motifs is 1. The third kappa shape index (κ3) is 14.7. The molecule has 0 amide bonds. The Morgan fingerprint density at radius 2 is 0.973 bits per heavy atom. The first-order valence-corrected chi connectivity index (χ1v) is 25.5. The average molecular weight is 1020 g/mol. The van der Waals surface area contributed by atoms with E-state index in [2.05, 4.69) is 6.92 Å². The Kier molecular flexibility index (Phi) is 19.2. The van der Waals surface area contributed by atoms with Gasteiger partial charge in [0.2, 0.25) is 18.1 Å². The molecular formula is C61H60O14. The predicted molar refractivity (Wildman–Crippen MR) is 279 cm³/mol. The van der Waals surface area contributed by atoms with Gasteiger partial charge in [-0.05, 0) is 72.6 Å². The Balaban J connectivity index is 1.14. The van der Waals surface area contributed by atoms with Crippen LogP contribution in [0.15, 0.2) is 179 Å². The zero-order valence-corrected chi connectivity index (χ0v) is 41.8. The van der Waals surface area contributed by atoms with Crippen LogP contribution in [-0.2, 0) is 30.3 Å². The van der Waals surface area contributed by atoms with Gasteiger partial charge in [-0.25, -0.2) is 24.0 Å². The van der Waals surface area contributed by atoms with Gasteiger partial charge in [0, 0.05) is 6.07 Å². The number of ether oxygens (including phenoxy) is 8. The molecule has 14 nitrogen and oxygen atoms in total. The minimum Gasteiger partial charge on any atom is -0.484 e. The fraction of sp³-hybridized carbons (Fsp3) is 0.295. The second-order valence-electron chi connectivity index (χ2n) is 18.0. The van der Waals surface area contributed by atoms with Crippen LogP contribution in [0.5, 0.6) is 17.2 Å². The van der Waals surface area contributed by atoms with Gasteiger partial charge in [0.15, 0.2) is 18.0 Å². The van der Waals surface area contributed by atoms with E-state index in [4.69, 9.17) is 42.3 Å². The number of esters is 4. The third-order valence-corrected chi connectivity index (χ3v) is 12.5. The molecule has 1 fully saturated rings. The molecule has 7 aromatic rings. The van der Waals surface area contributed by atoms with Gasteiger partial charge in [-0.1, -0.05) is 161 Å². The number of rotatable bonds is 25. The highest BCUT2D eigenvalue weighted by molar-refractivity contribution is 5.92. The van der Waals surface area contributed by atoms with Crippen LogP contribution in [0.1, 0.15) is 112 Å². The summed E-state index contributed by atoms with van der Waals surface area (Å²) in [5, 5.41) is 0.393. The van der Waals surface area contributed by atoms with Crippen molar-refractivity contribution in [2.75, 3.05) is 13.2 Å². The van der Waals surface area contributed by atoms with Crippen molar-refractivity contribution in [3.63, 3.8) is 0 Å². The number of unbranched alkanes of at least 4 members (excludes halogenated alkanes) is 8. The van der Waals surface area contributed by atoms with E-state index in [9.17, 15) is 24.0 Å². The molecule has 0 unspecified atom stereocenters. The van der Waals surface area contributed by atoms with Gasteiger partial charge in [-0.2, -0.15) is 0 Å². The lowest BCUT2D eigenvalue weighted by Gasteiger charge is -2.44. The van der Waals surface area contributed by atoms with Gasteiger partial charge in [0.1, 0.15) is 30.7 Å². The van der Waals surface area contributed by atoms with E-state index >= 15 is 0 Å². The molecule has 2 heterocycles. The fourth-order valence-electron chi connectivity index (χ4n) is 8.55. The second kappa shape index (κ2) is 27.2. The van der Waals surface area contributed by atoms with Crippen molar-refractivity contribution in [2.45, 2.75) is 102 Å². The van der Waals surface area contributed by atoms with Crippen molar-refractivity contribution in [3.05, 3.63) is 208 Å². The molecule has 75 heavy (non-hydrogen) atoms. The summed E-state index contributed by atoms with van der Waals surface area (Å²) in [6.45, 7) is 2.04. The van der Waals surface area contributed by atoms with Crippen LogP contribution in [0.3, 0.4) is 0 Å². The first-order valence-electron chi connectivity index (χ1n) is 25.5. The Morgan fingerprint density at radius 1 is 0.493 bits per heavy atom. The van der Waals surface area contributed by atoms with Crippen LogP contribution in [0.2, 0.25) is 0 Å². The highest BCUT2D eigenvalue weighted by atomic mass is 16.7. The zero-order valence-electron chi connectivity index (χ0n) is 41.8. The molecule has 0 saturated carbocycles. The summed E-state index contributed by atoms with van der Waals surface area (Å²) in [7, 11) is 0. The van der Waals surface area contributed by atoms with Gasteiger partial charge in [0.25, 0.3) is 0 Å². The molecule has 0 N–H and O–H groups in total. The van der Waals surface area contributed by atoms with Gasteiger partial charge < -0.3 is 42.3 Å². The van der Waals surface area contributed by atoms with Crippen LogP contribution in [0.25, 0.3) is 11.0 Å². The molecule has 1 aliphatic heterocycles. The van der Waals surface area contributed by atoms with Gasteiger partial charge in [-0.3, -0.25) is 0 Å². The van der Waals surface area contributed by atoms with E-state index in [1.54, 1.807) is 97.1 Å². The van der Waals surface area contributed by atoms with Crippen molar-refractivity contribution in [1.82, 2.24) is 0 Å². The highest BCUT2D eigenvalue weighted by Crippen LogP contribution is 2.38. The smallest absolute Gasteiger partial charge is 0.383 e. The predicted octanol–water partition coefficient (Wildman–Crippen LogP) is 11.9. The maximum atomic E-state index is 14.2. The molecule has 5 atom stereocenters. The lowest BCUT2D eigenvalue weighted by Crippen LogP contribution is -2.63. The summed E-state index contributed by atoms with van der Waals surface area (Å²) in [6.07, 6.45) is 2.01. The van der Waals surface area contributed by atoms with E-state index in [0.29, 0.717) is 5.39 Å². The zero-order chi connectivity index (χ0) is 52.2. The van der Waals surface area contributed by atoms with E-state index < -0.39 is 66.8 Å². The number of carbonyl (C=O) groups is 4. The van der Waals surface area contributed by atoms with E-state index in [1.807, 2.05) is 30.3 Å². The van der Waals surface area contributed by atoms with Crippen molar-refractivity contribution >= 4 is 34.8 Å². The number of benzene rings is 6. The summed E-state index contributed by atoms with van der Waals surface area (Å²) < 4.78 is 55.9. The van der Waals surface area contributed by atoms with Crippen molar-refractivity contribution in [1.29, 1.82) is 0 Å². The van der Waals surface area contributed by atoms with Gasteiger partial charge >= 0.3 is 29.5 Å². The van der Waals surface area contributed by atoms with Crippen LogP contribution in [0, 0.1) is 0 Å². The molecule has 1 saturated heterocycles. The number of hydrogen-bond donors (Lipinski definition) is 0. The molecule has 1 aromatic heterocycles. The van der Waals surface area contributed by atoms with Gasteiger partial charge in [0.05, 0.1) is 34.2 Å². The Labute approximate surface area is 435 Å². The topological polar surface area (TPSA) is 172 Å². The molecule has 0 radical (unpaired) electrons. The molecule has 6 aromatic carbocycles. The Hall–Kier alpha value is -8.23. The van der Waals surface area contributed by atoms with Crippen molar-refractivity contribution in [2.24, 2.45) is 0 Å². The van der Waals surface area contributed by atoms with E-state index in [1.165, 1.54) is 74.6 Å². The lowest BCUT2D eigenvalue weighted by molar-refractivity contribution is -0.275. The van der Waals surface area contributed by atoms with E-state index in [-0.39, 0.29) is 58.3 Å². The van der Waals surface area contributed by atoms with Crippen LogP contribution >= 0.6 is 0 Å². The van der Waals surface area contributed by atoms with Crippen LogP contribution < -0.4 is 19.8 Å². The largest absolute Gasteiger partial charge is 0.484 e. The summed E-state index contributed by atoms with van der Waals surface area (Å²) in [6, 6.07) is 46.5. The van der Waals surface area contributed by atoms with Crippen LogP contribution in [-0.4, -0.2) is 67.8 Å². The van der Waals surface area contributed by atoms with E-state index in [0.717, 1.165) is 31.2 Å². The maximum Gasteiger partial charge on any atom is 0.383 e. The molecule has 8 rings (SSSR count). The molecule has 0 bridgehead atoms.